The van der Waals surface area contributed by atoms with Gasteiger partial charge in [-0.15, -0.1) is 15.3 Å². The van der Waals surface area contributed by atoms with Crippen molar-refractivity contribution in [3.63, 3.8) is 0 Å². The molecule has 0 unspecified atom stereocenters. The van der Waals surface area contributed by atoms with Crippen molar-refractivity contribution in [2.45, 2.75) is 17.3 Å². The van der Waals surface area contributed by atoms with Crippen molar-refractivity contribution >= 4 is 34.5 Å². The van der Waals surface area contributed by atoms with Gasteiger partial charge in [0.1, 0.15) is 5.52 Å². The molecule has 12 heteroatoms. The number of thioether (sulfide) groups is 1. The van der Waals surface area contributed by atoms with Crippen LogP contribution >= 0.6 is 11.8 Å². The van der Waals surface area contributed by atoms with Crippen LogP contribution in [-0.4, -0.2) is 48.6 Å². The predicted molar refractivity (Wildman–Crippen MR) is 132 cm³/mol. The fraction of sp³-hybridized carbons (Fsp3) is 0.167. The number of pyridine rings is 1. The number of nitrogens with zero attached hydrogens (tertiary/aromatic N) is 6. The van der Waals surface area contributed by atoms with E-state index in [1.165, 1.54) is 22.5 Å². The number of rotatable bonds is 5. The quantitative estimate of drug-likeness (QED) is 0.362. The molecule has 1 aliphatic heterocycles. The van der Waals surface area contributed by atoms with Crippen molar-refractivity contribution in [1.82, 2.24) is 29.5 Å². The Morgan fingerprint density at radius 2 is 1.86 bits per heavy atom. The van der Waals surface area contributed by atoms with E-state index >= 15 is 0 Å². The minimum absolute atomic E-state index is 0.0495. The molecule has 11 nitrogen and oxygen atoms in total. The highest BCUT2D eigenvalue weighted by Gasteiger charge is 2.17. The van der Waals surface area contributed by atoms with E-state index in [0.717, 1.165) is 16.7 Å². The lowest BCUT2D eigenvalue weighted by atomic mass is 10.2. The Labute approximate surface area is 208 Å². The Morgan fingerprint density at radius 3 is 2.72 bits per heavy atom. The Morgan fingerprint density at radius 1 is 1.03 bits per heavy atom. The highest BCUT2D eigenvalue weighted by molar-refractivity contribution is 7.98. The van der Waals surface area contributed by atoms with E-state index in [4.69, 9.17) is 9.47 Å². The normalized spacial score (nSPS) is 13.0. The van der Waals surface area contributed by atoms with Crippen LogP contribution in [0.15, 0.2) is 70.7 Å². The van der Waals surface area contributed by atoms with Crippen LogP contribution in [0, 0.1) is 0 Å². The topological polar surface area (TPSA) is 126 Å². The zero-order valence-electron chi connectivity index (χ0n) is 18.8. The van der Waals surface area contributed by atoms with Gasteiger partial charge in [-0.2, -0.15) is 9.50 Å². The van der Waals surface area contributed by atoms with Crippen molar-refractivity contribution < 1.29 is 14.3 Å². The molecule has 5 aromatic rings. The average molecular weight is 502 g/mol. The Balaban J connectivity index is 1.26. The molecule has 0 spiro atoms. The third-order valence-corrected chi connectivity index (χ3v) is 6.44. The van der Waals surface area contributed by atoms with E-state index in [-0.39, 0.29) is 11.3 Å². The molecule has 1 amide bonds. The molecule has 2 aromatic carbocycles. The van der Waals surface area contributed by atoms with Crippen LogP contribution in [0.2, 0.25) is 0 Å². The fourth-order valence-electron chi connectivity index (χ4n) is 3.74. The molecular formula is C24H19N7O4S. The maximum absolute atomic E-state index is 13.1. The summed E-state index contributed by atoms with van der Waals surface area (Å²) in [7, 11) is 0. The minimum Gasteiger partial charge on any atom is -0.490 e. The van der Waals surface area contributed by atoms with Crippen LogP contribution < -0.4 is 20.5 Å². The molecule has 0 fully saturated rings. The van der Waals surface area contributed by atoms with E-state index in [1.54, 1.807) is 24.3 Å². The summed E-state index contributed by atoms with van der Waals surface area (Å²) in [6.45, 7) is 1.06. The molecule has 36 heavy (non-hydrogen) atoms. The monoisotopic (exact) mass is 501 g/mol. The lowest BCUT2D eigenvalue weighted by Crippen LogP contribution is -2.33. The Hall–Kier alpha value is -4.45. The number of hydrogen-bond donors (Lipinski definition) is 1. The SMILES string of the molecule is O=C(Nn1ccc2c(nnc3nc(SCc4ccccc4)nn32)c1=O)c1ccc2c(c1)OCCCO2. The van der Waals surface area contributed by atoms with Crippen molar-refractivity contribution in [1.29, 1.82) is 0 Å². The molecule has 1 N–H and O–H groups in total. The van der Waals surface area contributed by atoms with Crippen LogP contribution in [0.5, 0.6) is 11.5 Å². The van der Waals surface area contributed by atoms with Gasteiger partial charge in [0, 0.05) is 23.9 Å². The third-order valence-electron chi connectivity index (χ3n) is 5.53. The van der Waals surface area contributed by atoms with Gasteiger partial charge >= 0.3 is 0 Å². The molecule has 6 rings (SSSR count). The summed E-state index contributed by atoms with van der Waals surface area (Å²) in [5.74, 6) is 1.57. The van der Waals surface area contributed by atoms with E-state index in [0.29, 0.717) is 46.7 Å². The Kier molecular flexibility index (Phi) is 5.70. The maximum atomic E-state index is 13.1. The molecule has 180 valence electrons. The number of amides is 1. The average Bonchev–Trinajstić information content (AvgIpc) is 3.19. The number of carbonyl (C=O) groups is 1. The number of carbonyl (C=O) groups excluding carboxylic acids is 1. The summed E-state index contributed by atoms with van der Waals surface area (Å²) in [5.41, 5.74) is 3.99. The van der Waals surface area contributed by atoms with Crippen molar-refractivity contribution in [2.24, 2.45) is 0 Å². The van der Waals surface area contributed by atoms with Gasteiger partial charge in [-0.3, -0.25) is 15.0 Å². The van der Waals surface area contributed by atoms with E-state index in [1.807, 2.05) is 30.3 Å². The lowest BCUT2D eigenvalue weighted by Gasteiger charge is -2.11. The van der Waals surface area contributed by atoms with Gasteiger partial charge in [-0.1, -0.05) is 42.1 Å². The second kappa shape index (κ2) is 9.30. The first kappa shape index (κ1) is 22.0. The summed E-state index contributed by atoms with van der Waals surface area (Å²) in [4.78, 5) is 30.3. The van der Waals surface area contributed by atoms with Gasteiger partial charge in [-0.25, -0.2) is 4.68 Å². The molecule has 4 heterocycles. The maximum Gasteiger partial charge on any atom is 0.299 e. The van der Waals surface area contributed by atoms with E-state index in [2.05, 4.69) is 25.7 Å². The van der Waals surface area contributed by atoms with Crippen molar-refractivity contribution in [2.75, 3.05) is 18.6 Å². The molecule has 0 atom stereocenters. The highest BCUT2D eigenvalue weighted by atomic mass is 32.2. The molecule has 0 saturated heterocycles. The number of aromatic nitrogens is 6. The number of benzene rings is 2. The predicted octanol–water partition coefficient (Wildman–Crippen LogP) is 2.67. The van der Waals surface area contributed by atoms with Gasteiger partial charge < -0.3 is 9.47 Å². The number of hydrogen-bond acceptors (Lipinski definition) is 9. The molecule has 0 bridgehead atoms. The summed E-state index contributed by atoms with van der Waals surface area (Å²) < 4.78 is 13.8. The summed E-state index contributed by atoms with van der Waals surface area (Å²) in [6.07, 6.45) is 2.21. The third kappa shape index (κ3) is 4.22. The van der Waals surface area contributed by atoms with Gasteiger partial charge in [0.2, 0.25) is 5.16 Å². The lowest BCUT2D eigenvalue weighted by molar-refractivity contribution is 0.101. The van der Waals surface area contributed by atoms with Crippen molar-refractivity contribution in [3.8, 4) is 11.5 Å². The fourth-order valence-corrected chi connectivity index (χ4v) is 4.51. The van der Waals surface area contributed by atoms with Crippen LogP contribution in [0.25, 0.3) is 16.8 Å². The Bertz CT molecular complexity index is 1650. The number of nitrogens with one attached hydrogen (secondary N) is 1. The second-order valence-corrected chi connectivity index (χ2v) is 8.90. The van der Waals surface area contributed by atoms with Crippen LogP contribution in [-0.2, 0) is 5.75 Å². The van der Waals surface area contributed by atoms with E-state index in [9.17, 15) is 9.59 Å². The zero-order valence-corrected chi connectivity index (χ0v) is 19.6. The molecule has 0 aliphatic carbocycles. The van der Waals surface area contributed by atoms with Crippen molar-refractivity contribution in [3.05, 3.63) is 82.3 Å². The smallest absolute Gasteiger partial charge is 0.299 e. The molecular weight excluding hydrogens is 482 g/mol. The number of fused-ring (bicyclic) bond motifs is 4. The van der Waals surface area contributed by atoms with Gasteiger partial charge in [0.25, 0.3) is 17.2 Å². The minimum atomic E-state index is -0.543. The molecule has 3 aromatic heterocycles. The largest absolute Gasteiger partial charge is 0.490 e. The van der Waals surface area contributed by atoms with Gasteiger partial charge in [0.15, 0.2) is 17.0 Å². The molecule has 0 radical (unpaired) electrons. The van der Waals surface area contributed by atoms with Crippen LogP contribution in [0.3, 0.4) is 0 Å². The zero-order chi connectivity index (χ0) is 24.5. The summed E-state index contributed by atoms with van der Waals surface area (Å²) in [6, 6.07) is 16.5. The van der Waals surface area contributed by atoms with Crippen LogP contribution in [0.1, 0.15) is 22.3 Å². The highest BCUT2D eigenvalue weighted by Crippen LogP contribution is 2.30. The van der Waals surface area contributed by atoms with E-state index < -0.39 is 11.5 Å². The van der Waals surface area contributed by atoms with Crippen LogP contribution in [0.4, 0.5) is 0 Å². The summed E-state index contributed by atoms with van der Waals surface area (Å²) in [5, 5.41) is 13.1. The first-order chi connectivity index (χ1) is 17.7. The standard InChI is InChI=1S/C24H19N7O4S/c32-21(16-7-8-18-19(13-16)35-12-4-11-34-18)28-30-10-9-17-20(22(30)33)26-27-23-25-24(29-31(17)23)36-14-15-5-2-1-3-6-15/h1-3,5-10,13H,4,11-12,14H2,(H,28,32). The molecule has 1 aliphatic rings. The first-order valence-corrected chi connectivity index (χ1v) is 12.2. The first-order valence-electron chi connectivity index (χ1n) is 11.2. The second-order valence-electron chi connectivity index (χ2n) is 7.96. The van der Waals surface area contributed by atoms with Gasteiger partial charge in [0.05, 0.1) is 13.2 Å². The summed E-state index contributed by atoms with van der Waals surface area (Å²) >= 11 is 1.46. The molecule has 0 saturated carbocycles. The number of ether oxygens (including phenoxy) is 2. The van der Waals surface area contributed by atoms with Gasteiger partial charge in [-0.05, 0) is 29.8 Å².